The van der Waals surface area contributed by atoms with Gasteiger partial charge in [-0.3, -0.25) is 0 Å². The molecule has 0 spiro atoms. The fourth-order valence-electron chi connectivity index (χ4n) is 11.9. The number of hydrogen-bond donors (Lipinski definition) is 0. The molecule has 2 atom stereocenters. The molecule has 4 saturated carbocycles. The SMILES string of the molecule is C=Cc1ccc(C23CC4CC(C2)CC(c2ccc(-c5ccc6c(c5)c5cc(N(c7ccc(C)cc7)c7ccc(C)cc7)ccc5n6-c5ccccc5)cc2)(C4)C3)cc1. The second-order valence-corrected chi connectivity index (χ2v) is 18.0. The van der Waals surface area contributed by atoms with Crippen molar-refractivity contribution in [2.75, 3.05) is 4.90 Å². The number of anilines is 3. The van der Waals surface area contributed by atoms with Crippen molar-refractivity contribution in [1.82, 2.24) is 4.57 Å². The van der Waals surface area contributed by atoms with Gasteiger partial charge in [-0.15, -0.1) is 0 Å². The summed E-state index contributed by atoms with van der Waals surface area (Å²) in [5.74, 6) is 1.64. The molecule has 4 aliphatic rings. The van der Waals surface area contributed by atoms with Gasteiger partial charge in [0.05, 0.1) is 11.0 Å². The highest BCUT2D eigenvalue weighted by atomic mass is 15.1. The van der Waals surface area contributed by atoms with Crippen LogP contribution in [-0.4, -0.2) is 4.57 Å². The number of aromatic nitrogens is 1. The van der Waals surface area contributed by atoms with Crippen LogP contribution in [0.5, 0.6) is 0 Å². The lowest BCUT2D eigenvalue weighted by atomic mass is 9.41. The normalized spacial score (nSPS) is 22.1. The quantitative estimate of drug-likeness (QED) is 0.150. The predicted octanol–water partition coefficient (Wildman–Crippen LogP) is 15.0. The lowest BCUT2D eigenvalue weighted by Gasteiger charge is -2.63. The summed E-state index contributed by atoms with van der Waals surface area (Å²) in [7, 11) is 0. The number of para-hydroxylation sites is 1. The molecule has 4 bridgehead atoms. The molecule has 2 heteroatoms. The highest BCUT2D eigenvalue weighted by Crippen LogP contribution is 2.66. The summed E-state index contributed by atoms with van der Waals surface area (Å²) < 4.78 is 2.43. The van der Waals surface area contributed by atoms with Crippen molar-refractivity contribution < 1.29 is 0 Å². The van der Waals surface area contributed by atoms with Gasteiger partial charge in [0.1, 0.15) is 0 Å². The van der Waals surface area contributed by atoms with Crippen molar-refractivity contribution in [1.29, 1.82) is 0 Å². The molecule has 0 radical (unpaired) electrons. The highest BCUT2D eigenvalue weighted by Gasteiger charge is 2.58. The second kappa shape index (κ2) is 13.5. The van der Waals surface area contributed by atoms with E-state index >= 15 is 0 Å². The molecule has 284 valence electrons. The van der Waals surface area contributed by atoms with Crippen molar-refractivity contribution in [3.63, 3.8) is 0 Å². The third-order valence-electron chi connectivity index (χ3n) is 14.3. The third-order valence-corrected chi connectivity index (χ3v) is 14.3. The standard InChI is InChI=1S/C56H50N2/c1-4-40-14-19-45(20-15-40)55-33-41-30-42(34-55)36-56(35-41,37-55)46-21-16-43(17-22-46)44-18-28-53-51(31-44)52-32-50(27-29-54(52)58(53)47-8-6-5-7-9-47)57(48-23-10-38(2)11-24-48)49-25-12-39(3)13-26-49/h4-29,31-32,41-42H,1,30,33-37H2,2-3H3. The topological polar surface area (TPSA) is 8.17 Å². The monoisotopic (exact) mass is 750 g/mol. The summed E-state index contributed by atoms with van der Waals surface area (Å²) in [6, 6.07) is 61.9. The van der Waals surface area contributed by atoms with Crippen LogP contribution in [0, 0.1) is 25.7 Å². The molecule has 7 aromatic carbocycles. The van der Waals surface area contributed by atoms with Crippen LogP contribution < -0.4 is 4.90 Å². The van der Waals surface area contributed by atoms with Gasteiger partial charge in [0.15, 0.2) is 0 Å². The molecule has 1 aromatic heterocycles. The first-order chi connectivity index (χ1) is 28.4. The van der Waals surface area contributed by atoms with E-state index in [4.69, 9.17) is 0 Å². The molecule has 12 rings (SSSR count). The Balaban J connectivity index is 1.00. The molecule has 0 N–H and O–H groups in total. The minimum atomic E-state index is 0.268. The second-order valence-electron chi connectivity index (χ2n) is 18.0. The zero-order chi connectivity index (χ0) is 39.0. The van der Waals surface area contributed by atoms with Crippen LogP contribution in [-0.2, 0) is 10.8 Å². The minimum absolute atomic E-state index is 0.268. The van der Waals surface area contributed by atoms with Crippen molar-refractivity contribution in [3.05, 3.63) is 198 Å². The fraction of sp³-hybridized carbons (Fsp3) is 0.214. The number of rotatable bonds is 8. The third kappa shape index (κ3) is 5.76. The molecule has 0 amide bonds. The average molecular weight is 751 g/mol. The Bertz CT molecular complexity index is 2750. The van der Waals surface area contributed by atoms with Gasteiger partial charge in [-0.1, -0.05) is 121 Å². The van der Waals surface area contributed by atoms with Gasteiger partial charge in [0, 0.05) is 33.5 Å². The molecule has 58 heavy (non-hydrogen) atoms. The van der Waals surface area contributed by atoms with Gasteiger partial charge < -0.3 is 9.47 Å². The first-order valence-electron chi connectivity index (χ1n) is 21.3. The van der Waals surface area contributed by atoms with E-state index in [0.717, 1.165) is 28.9 Å². The lowest BCUT2D eigenvalue weighted by molar-refractivity contribution is -0.0281. The van der Waals surface area contributed by atoms with Gasteiger partial charge in [-0.05, 0) is 170 Å². The number of benzene rings is 7. The zero-order valence-electron chi connectivity index (χ0n) is 33.7. The minimum Gasteiger partial charge on any atom is -0.310 e. The molecular weight excluding hydrogens is 701 g/mol. The van der Waals surface area contributed by atoms with E-state index in [1.807, 2.05) is 6.08 Å². The summed E-state index contributed by atoms with van der Waals surface area (Å²) in [5, 5.41) is 2.51. The Morgan fingerprint density at radius 2 is 1.03 bits per heavy atom. The van der Waals surface area contributed by atoms with Crippen molar-refractivity contribution in [2.45, 2.75) is 63.2 Å². The molecule has 8 aromatic rings. The van der Waals surface area contributed by atoms with E-state index in [9.17, 15) is 0 Å². The molecule has 1 heterocycles. The summed E-state index contributed by atoms with van der Waals surface area (Å²) in [6.45, 7) is 8.31. The van der Waals surface area contributed by atoms with E-state index in [2.05, 4.69) is 194 Å². The van der Waals surface area contributed by atoms with Crippen LogP contribution in [0.25, 0.3) is 44.7 Å². The maximum Gasteiger partial charge on any atom is 0.0542 e. The van der Waals surface area contributed by atoms with Crippen LogP contribution in [0.4, 0.5) is 17.1 Å². The van der Waals surface area contributed by atoms with Crippen molar-refractivity contribution in [3.8, 4) is 16.8 Å². The molecule has 4 fully saturated rings. The van der Waals surface area contributed by atoms with Gasteiger partial charge in [-0.2, -0.15) is 0 Å². The maximum atomic E-state index is 4.01. The Kier molecular flexibility index (Phi) is 8.16. The summed E-state index contributed by atoms with van der Waals surface area (Å²) in [4.78, 5) is 2.39. The average Bonchev–Trinajstić information content (AvgIpc) is 3.58. The number of aryl methyl sites for hydroxylation is 2. The Morgan fingerprint density at radius 1 is 0.534 bits per heavy atom. The molecular formula is C56H50N2. The Hall–Kier alpha value is -6.12. The Labute approximate surface area is 343 Å². The summed E-state index contributed by atoms with van der Waals surface area (Å²) >= 11 is 0. The van der Waals surface area contributed by atoms with E-state index in [1.54, 1.807) is 11.1 Å². The van der Waals surface area contributed by atoms with Gasteiger partial charge in [-0.25, -0.2) is 0 Å². The van der Waals surface area contributed by atoms with Crippen LogP contribution in [0.15, 0.2) is 170 Å². The van der Waals surface area contributed by atoms with E-state index < -0.39 is 0 Å². The van der Waals surface area contributed by atoms with Crippen LogP contribution in [0.3, 0.4) is 0 Å². The Morgan fingerprint density at radius 3 is 1.60 bits per heavy atom. The lowest BCUT2D eigenvalue weighted by Crippen LogP contribution is -2.55. The van der Waals surface area contributed by atoms with Gasteiger partial charge in [0.2, 0.25) is 0 Å². The van der Waals surface area contributed by atoms with Crippen LogP contribution >= 0.6 is 0 Å². The molecule has 2 unspecified atom stereocenters. The number of hydrogen-bond acceptors (Lipinski definition) is 1. The van der Waals surface area contributed by atoms with Crippen LogP contribution in [0.2, 0.25) is 0 Å². The van der Waals surface area contributed by atoms with Gasteiger partial charge in [0.25, 0.3) is 0 Å². The first kappa shape index (κ1) is 35.1. The summed E-state index contributed by atoms with van der Waals surface area (Å²) in [5.41, 5.74) is 17.0. The molecule has 0 saturated heterocycles. The smallest absolute Gasteiger partial charge is 0.0542 e. The first-order valence-corrected chi connectivity index (χ1v) is 21.3. The maximum absolute atomic E-state index is 4.01. The van der Waals surface area contributed by atoms with Crippen molar-refractivity contribution >= 4 is 44.9 Å². The number of nitrogens with zero attached hydrogens (tertiary/aromatic N) is 2. The molecule has 4 aliphatic carbocycles. The van der Waals surface area contributed by atoms with Gasteiger partial charge >= 0.3 is 0 Å². The van der Waals surface area contributed by atoms with Crippen LogP contribution in [0.1, 0.15) is 66.3 Å². The molecule has 0 aliphatic heterocycles. The highest BCUT2D eigenvalue weighted by molar-refractivity contribution is 6.12. The van der Waals surface area contributed by atoms with E-state index in [1.165, 1.54) is 93.8 Å². The predicted molar refractivity (Wildman–Crippen MR) is 245 cm³/mol. The number of fused-ring (bicyclic) bond motifs is 3. The van der Waals surface area contributed by atoms with E-state index in [-0.39, 0.29) is 5.41 Å². The fourth-order valence-corrected chi connectivity index (χ4v) is 11.9. The summed E-state index contributed by atoms with van der Waals surface area (Å²) in [6.07, 6.45) is 10.0. The molecule has 2 nitrogen and oxygen atoms in total. The van der Waals surface area contributed by atoms with Crippen molar-refractivity contribution in [2.24, 2.45) is 11.8 Å². The van der Waals surface area contributed by atoms with E-state index in [0.29, 0.717) is 5.41 Å². The zero-order valence-corrected chi connectivity index (χ0v) is 33.7. The largest absolute Gasteiger partial charge is 0.310 e.